The van der Waals surface area contributed by atoms with E-state index in [1.165, 1.54) is 17.7 Å². The number of rotatable bonds is 3. The quantitative estimate of drug-likeness (QED) is 0.767. The minimum Gasteiger partial charge on any atom is -0.333 e. The summed E-state index contributed by atoms with van der Waals surface area (Å²) in [7, 11) is 1.95. The van der Waals surface area contributed by atoms with Crippen molar-refractivity contribution in [1.82, 2.24) is 34.7 Å². The Balaban J connectivity index is 1.61. The molecule has 0 saturated heterocycles. The molecule has 0 aromatic carbocycles. The number of imidazole rings is 1. The topological polar surface area (TPSA) is 77.2 Å². The molecule has 0 atom stereocenters. The third kappa shape index (κ3) is 1.74. The molecule has 0 fully saturated rings. The van der Waals surface area contributed by atoms with Gasteiger partial charge in [-0.15, -0.1) is 5.10 Å². The van der Waals surface area contributed by atoms with E-state index in [0.717, 1.165) is 30.1 Å². The van der Waals surface area contributed by atoms with Crippen molar-refractivity contribution in [2.45, 2.75) is 25.8 Å². The van der Waals surface area contributed by atoms with E-state index >= 15 is 0 Å². The first-order valence-electron chi connectivity index (χ1n) is 6.74. The number of hydrogen-bond acceptors (Lipinski definition) is 4. The number of nitrogens with one attached hydrogen (secondary N) is 1. The van der Waals surface area contributed by atoms with E-state index in [4.69, 9.17) is 0 Å². The second-order valence-corrected chi connectivity index (χ2v) is 5.14. The van der Waals surface area contributed by atoms with Crippen LogP contribution in [0.25, 0.3) is 11.5 Å². The van der Waals surface area contributed by atoms with E-state index in [0.29, 0.717) is 6.54 Å². The molecule has 1 aliphatic carbocycles. The maximum absolute atomic E-state index is 4.39. The molecule has 0 aliphatic heterocycles. The molecule has 7 nitrogen and oxygen atoms in total. The standard InChI is InChI=1S/C13H15N7/c1-19-6-5-14-13(19)12-8-20(18-17-12)7-11-9-3-2-4-10(9)15-16-11/h5-6,8H,2-4,7H2,1H3,(H,15,16). The van der Waals surface area contributed by atoms with Crippen LogP contribution < -0.4 is 0 Å². The van der Waals surface area contributed by atoms with Crippen molar-refractivity contribution in [2.75, 3.05) is 0 Å². The summed E-state index contributed by atoms with van der Waals surface area (Å²) in [5.74, 6) is 0.823. The lowest BCUT2D eigenvalue weighted by molar-refractivity contribution is 0.631. The summed E-state index contributed by atoms with van der Waals surface area (Å²) in [5.41, 5.74) is 4.50. The largest absolute Gasteiger partial charge is 0.333 e. The minimum absolute atomic E-state index is 0.656. The lowest BCUT2D eigenvalue weighted by Gasteiger charge is -1.99. The summed E-state index contributed by atoms with van der Waals surface area (Å²) in [6.07, 6.45) is 9.01. The van der Waals surface area contributed by atoms with Crippen molar-refractivity contribution in [3.05, 3.63) is 35.5 Å². The van der Waals surface area contributed by atoms with Gasteiger partial charge in [0.2, 0.25) is 0 Å². The van der Waals surface area contributed by atoms with Gasteiger partial charge in [0.25, 0.3) is 0 Å². The molecule has 0 saturated carbocycles. The first-order chi connectivity index (χ1) is 9.81. The van der Waals surface area contributed by atoms with Crippen LogP contribution in [0.15, 0.2) is 18.6 Å². The van der Waals surface area contributed by atoms with Gasteiger partial charge in [-0.25, -0.2) is 9.67 Å². The summed E-state index contributed by atoms with van der Waals surface area (Å²) >= 11 is 0. The van der Waals surface area contributed by atoms with E-state index in [1.54, 1.807) is 6.20 Å². The zero-order valence-electron chi connectivity index (χ0n) is 11.2. The van der Waals surface area contributed by atoms with Crippen LogP contribution in [0.5, 0.6) is 0 Å². The molecular formula is C13H15N7. The minimum atomic E-state index is 0.656. The molecule has 0 spiro atoms. The Morgan fingerprint density at radius 1 is 1.35 bits per heavy atom. The monoisotopic (exact) mass is 269 g/mol. The highest BCUT2D eigenvalue weighted by molar-refractivity contribution is 5.47. The van der Waals surface area contributed by atoms with Crippen LogP contribution in [0, 0.1) is 0 Å². The molecule has 0 bridgehead atoms. The Kier molecular flexibility index (Phi) is 2.45. The fourth-order valence-corrected chi connectivity index (χ4v) is 2.76. The van der Waals surface area contributed by atoms with Gasteiger partial charge in [0.05, 0.1) is 18.4 Å². The molecule has 102 valence electrons. The van der Waals surface area contributed by atoms with Crippen LogP contribution >= 0.6 is 0 Å². The predicted octanol–water partition coefficient (Wildman–Crippen LogP) is 0.939. The Morgan fingerprint density at radius 2 is 2.30 bits per heavy atom. The highest BCUT2D eigenvalue weighted by atomic mass is 15.4. The van der Waals surface area contributed by atoms with Gasteiger partial charge in [-0.3, -0.25) is 5.10 Å². The van der Waals surface area contributed by atoms with Crippen LogP contribution in [-0.4, -0.2) is 34.7 Å². The Morgan fingerprint density at radius 3 is 3.15 bits per heavy atom. The number of H-pyrrole nitrogens is 1. The zero-order valence-corrected chi connectivity index (χ0v) is 11.2. The summed E-state index contributed by atoms with van der Waals surface area (Å²) < 4.78 is 3.75. The normalized spacial score (nSPS) is 13.8. The summed E-state index contributed by atoms with van der Waals surface area (Å²) in [6, 6.07) is 0. The fourth-order valence-electron chi connectivity index (χ4n) is 2.76. The third-order valence-corrected chi connectivity index (χ3v) is 3.79. The van der Waals surface area contributed by atoms with Gasteiger partial charge in [0.1, 0.15) is 5.69 Å². The number of aromatic nitrogens is 7. The first kappa shape index (κ1) is 11.4. The van der Waals surface area contributed by atoms with Crippen LogP contribution in [0.3, 0.4) is 0 Å². The predicted molar refractivity (Wildman–Crippen MR) is 71.9 cm³/mol. The average molecular weight is 269 g/mol. The summed E-state index contributed by atoms with van der Waals surface area (Å²) in [5, 5.41) is 15.9. The molecule has 0 radical (unpaired) electrons. The van der Waals surface area contributed by atoms with Crippen molar-refractivity contribution in [3.63, 3.8) is 0 Å². The lowest BCUT2D eigenvalue weighted by atomic mass is 10.2. The molecule has 3 aromatic heterocycles. The second kappa shape index (κ2) is 4.29. The Labute approximate surface area is 115 Å². The van der Waals surface area contributed by atoms with E-state index in [9.17, 15) is 0 Å². The van der Waals surface area contributed by atoms with Crippen molar-refractivity contribution in [2.24, 2.45) is 7.05 Å². The maximum atomic E-state index is 4.39. The summed E-state index contributed by atoms with van der Waals surface area (Å²) in [4.78, 5) is 4.28. The van der Waals surface area contributed by atoms with Crippen molar-refractivity contribution in [1.29, 1.82) is 0 Å². The van der Waals surface area contributed by atoms with Crippen molar-refractivity contribution >= 4 is 0 Å². The molecule has 0 unspecified atom stereocenters. The second-order valence-electron chi connectivity index (χ2n) is 5.14. The van der Waals surface area contributed by atoms with Gasteiger partial charge in [-0.1, -0.05) is 5.21 Å². The van der Waals surface area contributed by atoms with Crippen molar-refractivity contribution in [3.8, 4) is 11.5 Å². The average Bonchev–Trinajstić information content (AvgIpc) is 3.16. The van der Waals surface area contributed by atoms with Crippen LogP contribution in [-0.2, 0) is 26.4 Å². The van der Waals surface area contributed by atoms with E-state index in [2.05, 4.69) is 25.5 Å². The van der Waals surface area contributed by atoms with Gasteiger partial charge in [-0.2, -0.15) is 5.10 Å². The lowest BCUT2D eigenvalue weighted by Crippen LogP contribution is -2.03. The molecule has 3 heterocycles. The highest BCUT2D eigenvalue weighted by Gasteiger charge is 2.19. The smallest absolute Gasteiger partial charge is 0.161 e. The number of hydrogen-bond donors (Lipinski definition) is 1. The van der Waals surface area contributed by atoms with Gasteiger partial charge < -0.3 is 4.57 Å². The van der Waals surface area contributed by atoms with E-state index < -0.39 is 0 Å². The maximum Gasteiger partial charge on any atom is 0.161 e. The van der Waals surface area contributed by atoms with Gasteiger partial charge in [0.15, 0.2) is 5.82 Å². The number of aryl methyl sites for hydroxylation is 2. The number of nitrogens with zero attached hydrogens (tertiary/aromatic N) is 6. The third-order valence-electron chi connectivity index (χ3n) is 3.79. The molecule has 0 amide bonds. The van der Waals surface area contributed by atoms with Crippen LogP contribution in [0.1, 0.15) is 23.4 Å². The molecule has 3 aromatic rings. The number of aromatic amines is 1. The highest BCUT2D eigenvalue weighted by Crippen LogP contribution is 2.23. The van der Waals surface area contributed by atoms with Gasteiger partial charge in [-0.05, 0) is 24.8 Å². The van der Waals surface area contributed by atoms with Gasteiger partial charge in [0, 0.05) is 25.1 Å². The number of fused-ring (bicyclic) bond motifs is 1. The Hall–Kier alpha value is -2.44. The SMILES string of the molecule is Cn1ccnc1-c1cn(Cc2n[nH]c3c2CCC3)nn1. The molecule has 1 N–H and O–H groups in total. The van der Waals surface area contributed by atoms with Crippen LogP contribution in [0.4, 0.5) is 0 Å². The first-order valence-corrected chi connectivity index (χ1v) is 6.74. The summed E-state index contributed by atoms with van der Waals surface area (Å²) in [6.45, 7) is 0.656. The molecular weight excluding hydrogens is 254 g/mol. The van der Waals surface area contributed by atoms with Crippen LogP contribution in [0.2, 0.25) is 0 Å². The van der Waals surface area contributed by atoms with E-state index in [1.807, 2.05) is 28.7 Å². The molecule has 4 rings (SSSR count). The van der Waals surface area contributed by atoms with Gasteiger partial charge >= 0.3 is 0 Å². The molecule has 20 heavy (non-hydrogen) atoms. The molecule has 1 aliphatic rings. The fraction of sp³-hybridized carbons (Fsp3) is 0.385. The zero-order chi connectivity index (χ0) is 13.5. The molecule has 7 heteroatoms. The van der Waals surface area contributed by atoms with E-state index in [-0.39, 0.29) is 0 Å². The Bertz CT molecular complexity index is 748. The van der Waals surface area contributed by atoms with Crippen molar-refractivity contribution < 1.29 is 0 Å².